The molecule has 4 heterocycles. The van der Waals surface area contributed by atoms with E-state index in [-0.39, 0.29) is 9.79 Å². The van der Waals surface area contributed by atoms with Crippen LogP contribution >= 0.6 is 31.9 Å². The monoisotopic (exact) mass is 1130 g/mol. The molecule has 8 rings (SSSR count). The summed E-state index contributed by atoms with van der Waals surface area (Å²) in [5, 5.41) is -0.464. The van der Waals surface area contributed by atoms with Crippen LogP contribution in [0.15, 0.2) is 164 Å². The molecule has 0 fully saturated rings. The van der Waals surface area contributed by atoms with Crippen LogP contribution in [0.5, 0.6) is 0 Å². The van der Waals surface area contributed by atoms with Gasteiger partial charge < -0.3 is 22.9 Å². The van der Waals surface area contributed by atoms with Crippen molar-refractivity contribution in [1.82, 2.24) is 39.9 Å². The Labute approximate surface area is 422 Å². The van der Waals surface area contributed by atoms with Crippen LogP contribution in [0.3, 0.4) is 0 Å². The highest BCUT2D eigenvalue weighted by Crippen LogP contribution is 2.25. The molecule has 0 unspecified atom stereocenters. The van der Waals surface area contributed by atoms with Gasteiger partial charge in [0.15, 0.2) is 35.3 Å². The largest absolute Gasteiger partial charge is 0.382 e. The van der Waals surface area contributed by atoms with Crippen LogP contribution in [-0.4, -0.2) is 82.9 Å². The average molecular weight is 1130 g/mol. The third-order valence-electron chi connectivity index (χ3n) is 9.39. The Kier molecular flexibility index (Phi) is 18.5. The fourth-order valence-electron chi connectivity index (χ4n) is 5.57. The molecule has 0 bridgehead atoms. The van der Waals surface area contributed by atoms with Crippen molar-refractivity contribution in [2.24, 2.45) is 0 Å². The predicted molar refractivity (Wildman–Crippen MR) is 281 cm³/mol. The minimum absolute atomic E-state index is 0.272. The number of hydrogen-bond acceptors (Lipinski definition) is 18. The molecule has 4 aromatic heterocycles. The van der Waals surface area contributed by atoms with Crippen LogP contribution in [-0.2, 0) is 29.5 Å². The molecule has 0 aliphatic carbocycles. The first-order valence-corrected chi connectivity index (χ1v) is 27.3. The van der Waals surface area contributed by atoms with Gasteiger partial charge in [-0.25, -0.2) is 60.1 Å². The highest BCUT2D eigenvalue weighted by Gasteiger charge is 2.19. The van der Waals surface area contributed by atoms with E-state index >= 15 is 0 Å². The van der Waals surface area contributed by atoms with Gasteiger partial charge in [-0.05, 0) is 93.7 Å². The normalized spacial score (nSPS) is 11.4. The Hall–Kier alpha value is -7.05. The van der Waals surface area contributed by atoms with E-state index in [0.29, 0.717) is 60.1 Å². The number of halogens is 2. The van der Waals surface area contributed by atoms with Gasteiger partial charge in [-0.15, -0.1) is 0 Å². The van der Waals surface area contributed by atoms with Crippen molar-refractivity contribution in [2.75, 3.05) is 35.4 Å². The number of benzene rings is 4. The van der Waals surface area contributed by atoms with Gasteiger partial charge >= 0.3 is 0 Å². The second-order valence-electron chi connectivity index (χ2n) is 15.0. The standard InChI is InChI=1S/C21H21N3O2S.C11H10BrN3O2S.C11H11N3O2S.C4H4BrN3/c1-15(2)27(25,26)18-11-9-17(10-12-18)20-14-23-21(22)19(24-20)13-8-16-6-4-3-5-7-16;1-18(16,17)8-4-2-7(3-5-8)9-6-14-11(13)10(12)15-9;1-17(15,16)9-4-2-8(3-5-9)10-6-14-11(12)7-13-10;5-3-1-8-4(6)2-7-3/h3-15H,1-2H3,(H2,22,23);2-6H,1H3,(H2,13,14);2-7H,1H3,(H2,12,14);1-2H,(H2,6,8)/b13-8+;;;. The fraction of sp³-hybridized carbons (Fsp3) is 0.106. The lowest BCUT2D eigenvalue weighted by Gasteiger charge is -2.09. The topological polar surface area (TPSA) is 310 Å². The number of nitrogen functional groups attached to an aromatic ring is 4. The van der Waals surface area contributed by atoms with E-state index in [1.165, 1.54) is 43.2 Å². The van der Waals surface area contributed by atoms with E-state index < -0.39 is 34.8 Å². The van der Waals surface area contributed by atoms with Crippen molar-refractivity contribution in [3.63, 3.8) is 0 Å². The first-order valence-electron chi connectivity index (χ1n) is 20.4. The number of aromatic nitrogens is 8. The minimum atomic E-state index is -3.30. The van der Waals surface area contributed by atoms with E-state index in [2.05, 4.69) is 71.7 Å². The lowest BCUT2D eigenvalue weighted by atomic mass is 10.1. The first-order chi connectivity index (χ1) is 33.0. The summed E-state index contributed by atoms with van der Waals surface area (Å²) < 4.78 is 70.9. The van der Waals surface area contributed by atoms with E-state index in [1.54, 1.807) is 93.1 Å². The van der Waals surface area contributed by atoms with E-state index in [0.717, 1.165) is 22.3 Å². The zero-order valence-electron chi connectivity index (χ0n) is 37.8. The number of nitrogens with zero attached hydrogens (tertiary/aromatic N) is 8. The van der Waals surface area contributed by atoms with Crippen molar-refractivity contribution < 1.29 is 25.3 Å². The van der Waals surface area contributed by atoms with E-state index in [4.69, 9.17) is 22.9 Å². The van der Waals surface area contributed by atoms with Crippen molar-refractivity contribution in [3.8, 4) is 33.8 Å². The second kappa shape index (κ2) is 24.0. The molecule has 4 aromatic carbocycles. The van der Waals surface area contributed by atoms with Gasteiger partial charge in [-0.1, -0.05) is 72.8 Å². The van der Waals surface area contributed by atoms with Crippen LogP contribution in [0.1, 0.15) is 25.1 Å². The summed E-state index contributed by atoms with van der Waals surface area (Å²) in [4.78, 5) is 33.4. The molecule has 23 heteroatoms. The lowest BCUT2D eigenvalue weighted by molar-refractivity contribution is 0.587. The molecule has 0 saturated carbocycles. The van der Waals surface area contributed by atoms with Crippen LogP contribution in [0, 0.1) is 0 Å². The van der Waals surface area contributed by atoms with Crippen molar-refractivity contribution in [2.45, 2.75) is 33.8 Å². The zero-order valence-corrected chi connectivity index (χ0v) is 43.4. The summed E-state index contributed by atoms with van der Waals surface area (Å²) in [7, 11) is -9.64. The number of nitrogens with two attached hydrogens (primary N) is 4. The summed E-state index contributed by atoms with van der Waals surface area (Å²) >= 11 is 6.31. The highest BCUT2D eigenvalue weighted by atomic mass is 79.9. The first kappa shape index (κ1) is 53.9. The van der Waals surface area contributed by atoms with Gasteiger partial charge in [0.05, 0.1) is 74.2 Å². The summed E-state index contributed by atoms with van der Waals surface area (Å²) in [6.07, 6.45) is 15.2. The second-order valence-corrected chi connectivity index (χ2v) is 23.1. The number of hydrogen-bond donors (Lipinski definition) is 4. The molecule has 70 heavy (non-hydrogen) atoms. The Morgan fingerprint density at radius 2 is 0.914 bits per heavy atom. The van der Waals surface area contributed by atoms with Gasteiger partial charge in [-0.3, -0.25) is 4.98 Å². The Morgan fingerprint density at radius 1 is 0.471 bits per heavy atom. The molecule has 0 saturated heterocycles. The van der Waals surface area contributed by atoms with Crippen LogP contribution in [0.4, 0.5) is 23.3 Å². The number of rotatable bonds is 9. The molecular formula is C47H46Br2N12O6S3. The number of anilines is 4. The molecule has 0 aliphatic rings. The number of sulfone groups is 3. The molecular weight excluding hydrogens is 1080 g/mol. The molecule has 0 amide bonds. The third kappa shape index (κ3) is 15.7. The van der Waals surface area contributed by atoms with E-state index in [1.807, 2.05) is 42.5 Å². The maximum absolute atomic E-state index is 12.2. The fourth-order valence-corrected chi connectivity index (χ4v) is 8.39. The summed E-state index contributed by atoms with van der Waals surface area (Å²) in [6, 6.07) is 29.4. The average Bonchev–Trinajstić information content (AvgIpc) is 3.34. The summed E-state index contributed by atoms with van der Waals surface area (Å²) in [5.41, 5.74) is 28.0. The van der Waals surface area contributed by atoms with Crippen LogP contribution in [0.25, 0.3) is 45.9 Å². The van der Waals surface area contributed by atoms with Crippen LogP contribution < -0.4 is 22.9 Å². The molecule has 0 atom stereocenters. The van der Waals surface area contributed by atoms with Crippen molar-refractivity contribution in [3.05, 3.63) is 161 Å². The van der Waals surface area contributed by atoms with Gasteiger partial charge in [0, 0.05) is 29.2 Å². The molecule has 18 nitrogen and oxygen atoms in total. The Morgan fingerprint density at radius 3 is 1.34 bits per heavy atom. The lowest BCUT2D eigenvalue weighted by Crippen LogP contribution is -2.13. The van der Waals surface area contributed by atoms with Crippen molar-refractivity contribution in [1.29, 1.82) is 0 Å². The van der Waals surface area contributed by atoms with E-state index in [9.17, 15) is 25.3 Å². The van der Waals surface area contributed by atoms with Gasteiger partial charge in [0.2, 0.25) is 0 Å². The Balaban J connectivity index is 0.000000186. The minimum Gasteiger partial charge on any atom is -0.382 e. The predicted octanol–water partition coefficient (Wildman–Crippen LogP) is 7.92. The molecule has 8 aromatic rings. The summed E-state index contributed by atoms with van der Waals surface area (Å²) in [6.45, 7) is 3.33. The molecule has 0 radical (unpaired) electrons. The quantitative estimate of drug-likeness (QED) is 0.107. The highest BCUT2D eigenvalue weighted by molar-refractivity contribution is 9.10. The molecule has 8 N–H and O–H groups in total. The summed E-state index contributed by atoms with van der Waals surface area (Å²) in [5.74, 6) is 1.44. The molecule has 362 valence electrons. The van der Waals surface area contributed by atoms with Gasteiger partial charge in [0.25, 0.3) is 0 Å². The smallest absolute Gasteiger partial charge is 0.180 e. The maximum atomic E-state index is 12.2. The molecule has 0 aliphatic heterocycles. The zero-order chi connectivity index (χ0) is 51.2. The van der Waals surface area contributed by atoms with Gasteiger partial charge in [0.1, 0.15) is 32.4 Å². The van der Waals surface area contributed by atoms with Crippen molar-refractivity contribution >= 4 is 96.8 Å². The molecule has 0 spiro atoms. The third-order valence-corrected chi connectivity index (χ3v) is 14.8. The van der Waals surface area contributed by atoms with Crippen LogP contribution in [0.2, 0.25) is 0 Å². The maximum Gasteiger partial charge on any atom is 0.180 e. The van der Waals surface area contributed by atoms with Gasteiger partial charge in [-0.2, -0.15) is 0 Å². The Bertz CT molecular complexity index is 3380. The SMILES string of the molecule is CC(C)S(=O)(=O)c1ccc(-c2cnc(N)c(/C=C/c3ccccc3)n2)cc1.CS(=O)(=O)c1ccc(-c2cnc(N)c(Br)n2)cc1.CS(=O)(=O)c1ccc(-c2cnc(N)cn2)cc1.Nc1cnc(Br)cn1.